The molecule has 33 heavy (non-hydrogen) atoms. The monoisotopic (exact) mass is 452 g/mol. The van der Waals surface area contributed by atoms with Gasteiger partial charge in [-0.2, -0.15) is 0 Å². The van der Waals surface area contributed by atoms with Gasteiger partial charge in [-0.05, 0) is 78.1 Å². The van der Waals surface area contributed by atoms with Crippen LogP contribution in [0.1, 0.15) is 54.4 Å². The molecule has 0 fully saturated rings. The SMILES string of the molecule is C=CCCc1ccc(-c2ccc(C(F)C(F)c3ccc(CC/C=C/C)c(F)c3)cc2)cc1F. The van der Waals surface area contributed by atoms with Crippen molar-refractivity contribution >= 4 is 0 Å². The van der Waals surface area contributed by atoms with Crippen molar-refractivity contribution in [1.82, 2.24) is 0 Å². The van der Waals surface area contributed by atoms with Crippen LogP contribution < -0.4 is 0 Å². The van der Waals surface area contributed by atoms with Gasteiger partial charge in [0.05, 0.1) is 0 Å². The van der Waals surface area contributed by atoms with Crippen LogP contribution in [-0.4, -0.2) is 0 Å². The molecule has 0 aliphatic carbocycles. The van der Waals surface area contributed by atoms with Gasteiger partial charge >= 0.3 is 0 Å². The maximum Gasteiger partial charge on any atom is 0.160 e. The molecule has 3 rings (SSSR count). The van der Waals surface area contributed by atoms with Gasteiger partial charge in [-0.3, -0.25) is 0 Å². The molecule has 0 aliphatic rings. The summed E-state index contributed by atoms with van der Waals surface area (Å²) >= 11 is 0. The Bertz CT molecular complexity index is 1100. The number of alkyl halides is 2. The lowest BCUT2D eigenvalue weighted by Crippen LogP contribution is -2.04. The number of halogens is 4. The highest BCUT2D eigenvalue weighted by atomic mass is 19.2. The van der Waals surface area contributed by atoms with Crippen molar-refractivity contribution in [3.8, 4) is 11.1 Å². The normalized spacial score (nSPS) is 13.2. The van der Waals surface area contributed by atoms with E-state index in [4.69, 9.17) is 0 Å². The fraction of sp³-hybridized carbons (Fsp3) is 0.241. The number of benzene rings is 3. The van der Waals surface area contributed by atoms with E-state index in [1.165, 1.54) is 30.3 Å². The quantitative estimate of drug-likeness (QED) is 0.213. The average Bonchev–Trinajstić information content (AvgIpc) is 2.83. The largest absolute Gasteiger partial charge is 0.239 e. The van der Waals surface area contributed by atoms with Gasteiger partial charge in [0.15, 0.2) is 12.3 Å². The third-order valence-electron chi connectivity index (χ3n) is 5.70. The lowest BCUT2D eigenvalue weighted by molar-refractivity contribution is 0.170. The highest BCUT2D eigenvalue weighted by molar-refractivity contribution is 5.64. The summed E-state index contributed by atoms with van der Waals surface area (Å²) in [5, 5.41) is 0. The smallest absolute Gasteiger partial charge is 0.160 e. The maximum absolute atomic E-state index is 14.9. The zero-order chi connectivity index (χ0) is 23.8. The van der Waals surface area contributed by atoms with Crippen LogP contribution in [0.4, 0.5) is 17.6 Å². The van der Waals surface area contributed by atoms with Crippen molar-refractivity contribution in [3.63, 3.8) is 0 Å². The molecule has 4 heteroatoms. The molecule has 3 aromatic carbocycles. The molecule has 172 valence electrons. The van der Waals surface area contributed by atoms with E-state index in [1.807, 2.05) is 25.1 Å². The molecule has 0 saturated carbocycles. The number of aryl methyl sites for hydroxylation is 2. The Morgan fingerprint density at radius 2 is 1.27 bits per heavy atom. The minimum Gasteiger partial charge on any atom is -0.239 e. The van der Waals surface area contributed by atoms with Crippen LogP contribution in [-0.2, 0) is 12.8 Å². The predicted molar refractivity (Wildman–Crippen MR) is 128 cm³/mol. The van der Waals surface area contributed by atoms with E-state index < -0.39 is 18.2 Å². The van der Waals surface area contributed by atoms with Gasteiger partial charge in [0.2, 0.25) is 0 Å². The summed E-state index contributed by atoms with van der Waals surface area (Å²) in [6.07, 6.45) is 4.09. The van der Waals surface area contributed by atoms with E-state index in [0.717, 1.165) is 6.07 Å². The van der Waals surface area contributed by atoms with E-state index in [0.29, 0.717) is 47.9 Å². The third kappa shape index (κ3) is 6.22. The maximum atomic E-state index is 14.9. The molecule has 0 spiro atoms. The van der Waals surface area contributed by atoms with Crippen LogP contribution in [0.5, 0.6) is 0 Å². The van der Waals surface area contributed by atoms with Crippen molar-refractivity contribution in [2.24, 2.45) is 0 Å². The number of hydrogen-bond donors (Lipinski definition) is 0. The van der Waals surface area contributed by atoms with Gasteiger partial charge in [0.1, 0.15) is 11.6 Å². The first kappa shape index (κ1) is 24.5. The topological polar surface area (TPSA) is 0 Å². The summed E-state index contributed by atoms with van der Waals surface area (Å²) in [4.78, 5) is 0. The Balaban J connectivity index is 1.72. The number of allylic oxidation sites excluding steroid dienone is 3. The molecule has 0 radical (unpaired) electrons. The molecule has 0 amide bonds. The van der Waals surface area contributed by atoms with Crippen molar-refractivity contribution < 1.29 is 17.6 Å². The number of hydrogen-bond acceptors (Lipinski definition) is 0. The molecule has 2 unspecified atom stereocenters. The van der Waals surface area contributed by atoms with Crippen molar-refractivity contribution in [2.75, 3.05) is 0 Å². The van der Waals surface area contributed by atoms with Crippen LogP contribution in [0.2, 0.25) is 0 Å². The molecule has 0 heterocycles. The van der Waals surface area contributed by atoms with E-state index in [-0.39, 0.29) is 16.9 Å². The van der Waals surface area contributed by atoms with Gasteiger partial charge < -0.3 is 0 Å². The van der Waals surface area contributed by atoms with Crippen molar-refractivity contribution in [3.05, 3.63) is 119 Å². The summed E-state index contributed by atoms with van der Waals surface area (Å²) in [7, 11) is 0. The zero-order valence-corrected chi connectivity index (χ0v) is 18.7. The van der Waals surface area contributed by atoms with Crippen LogP contribution >= 0.6 is 0 Å². The van der Waals surface area contributed by atoms with Gasteiger partial charge in [-0.25, -0.2) is 17.6 Å². The van der Waals surface area contributed by atoms with Gasteiger partial charge in [-0.1, -0.05) is 66.8 Å². The molecule has 0 aromatic heterocycles. The Labute approximate surface area is 193 Å². The molecule has 0 nitrogen and oxygen atoms in total. The second-order valence-corrected chi connectivity index (χ2v) is 8.02. The second kappa shape index (κ2) is 11.6. The van der Waals surface area contributed by atoms with E-state index in [2.05, 4.69) is 6.58 Å². The first-order valence-corrected chi connectivity index (χ1v) is 11.1. The Kier molecular flexibility index (Phi) is 8.65. The molecule has 0 N–H and O–H groups in total. The first-order valence-electron chi connectivity index (χ1n) is 11.1. The summed E-state index contributed by atoms with van der Waals surface area (Å²) < 4.78 is 58.4. The molecular formula is C29H28F4. The summed E-state index contributed by atoms with van der Waals surface area (Å²) in [5.41, 5.74) is 2.56. The number of rotatable bonds is 10. The molecule has 2 atom stereocenters. The Morgan fingerprint density at radius 1 is 0.727 bits per heavy atom. The fourth-order valence-electron chi connectivity index (χ4n) is 3.73. The summed E-state index contributed by atoms with van der Waals surface area (Å²) in [5.74, 6) is -0.831. The van der Waals surface area contributed by atoms with Gasteiger partial charge in [-0.15, -0.1) is 6.58 Å². The van der Waals surface area contributed by atoms with Gasteiger partial charge in [0.25, 0.3) is 0 Å². The molecule has 0 bridgehead atoms. The molecule has 0 aliphatic heterocycles. The first-order chi connectivity index (χ1) is 15.9. The fourth-order valence-corrected chi connectivity index (χ4v) is 3.73. The van der Waals surface area contributed by atoms with E-state index >= 15 is 0 Å². The molecular weight excluding hydrogens is 424 g/mol. The zero-order valence-electron chi connectivity index (χ0n) is 18.7. The predicted octanol–water partition coefficient (Wildman–Crippen LogP) is 8.98. The van der Waals surface area contributed by atoms with Crippen molar-refractivity contribution in [2.45, 2.75) is 45.0 Å². The Morgan fingerprint density at radius 3 is 1.88 bits per heavy atom. The molecule has 3 aromatic rings. The highest BCUT2D eigenvalue weighted by Gasteiger charge is 2.25. The average molecular weight is 453 g/mol. The summed E-state index contributed by atoms with van der Waals surface area (Å²) in [6.45, 7) is 5.54. The standard InChI is InChI=1S/C29H28F4/c1-3-5-7-9-22-13-17-25(19-27(22)31)29(33)28(32)23-14-10-20(11-15-23)24-16-12-21(8-6-4-2)26(30)18-24/h3-5,10-19,28-29H,2,6-9H2,1H3/b5-3+. The third-order valence-corrected chi connectivity index (χ3v) is 5.70. The van der Waals surface area contributed by atoms with Crippen LogP contribution in [0.25, 0.3) is 11.1 Å². The van der Waals surface area contributed by atoms with Gasteiger partial charge in [0, 0.05) is 0 Å². The van der Waals surface area contributed by atoms with Crippen LogP contribution in [0, 0.1) is 11.6 Å². The minimum absolute atomic E-state index is 0.0314. The summed E-state index contributed by atoms with van der Waals surface area (Å²) in [6, 6.07) is 15.3. The van der Waals surface area contributed by atoms with E-state index in [9.17, 15) is 17.6 Å². The van der Waals surface area contributed by atoms with E-state index in [1.54, 1.807) is 24.3 Å². The van der Waals surface area contributed by atoms with Crippen molar-refractivity contribution in [1.29, 1.82) is 0 Å². The minimum atomic E-state index is -1.99. The lowest BCUT2D eigenvalue weighted by Gasteiger charge is -2.16. The Hall–Kier alpha value is -3.14. The molecule has 0 saturated heterocycles. The van der Waals surface area contributed by atoms with Crippen LogP contribution in [0.3, 0.4) is 0 Å². The lowest BCUT2D eigenvalue weighted by atomic mass is 9.96. The second-order valence-electron chi connectivity index (χ2n) is 8.02. The highest BCUT2D eigenvalue weighted by Crippen LogP contribution is 2.37. The van der Waals surface area contributed by atoms with Crippen LogP contribution in [0.15, 0.2) is 85.5 Å².